The van der Waals surface area contributed by atoms with Crippen LogP contribution in [0.25, 0.3) is 17.0 Å². The van der Waals surface area contributed by atoms with Crippen LogP contribution in [-0.4, -0.2) is 30.1 Å². The Morgan fingerprint density at radius 1 is 1.14 bits per heavy atom. The van der Waals surface area contributed by atoms with Crippen LogP contribution in [0.5, 0.6) is 17.2 Å². The highest BCUT2D eigenvalue weighted by molar-refractivity contribution is 6.08. The Hall–Kier alpha value is -3.94. The fourth-order valence-corrected chi connectivity index (χ4v) is 2.67. The number of benzene rings is 2. The van der Waals surface area contributed by atoms with Gasteiger partial charge in [-0.3, -0.25) is 9.59 Å². The molecule has 0 fully saturated rings. The smallest absolute Gasteiger partial charge is 0.255 e. The number of nitrogens with one attached hydrogen (secondary N) is 1. The summed E-state index contributed by atoms with van der Waals surface area (Å²) in [6, 6.07) is 9.33. The van der Waals surface area contributed by atoms with Crippen LogP contribution in [0.1, 0.15) is 15.9 Å². The number of nitroso groups, excluding NO2 is 1. The van der Waals surface area contributed by atoms with Crippen LogP contribution in [0.4, 0.5) is 5.69 Å². The molecule has 0 atom stereocenters. The highest BCUT2D eigenvalue weighted by atomic mass is 16.5. The summed E-state index contributed by atoms with van der Waals surface area (Å²) in [5.41, 5.74) is 0.294. The van der Waals surface area contributed by atoms with Crippen LogP contribution < -0.4 is 15.0 Å². The molecule has 0 aliphatic rings. The summed E-state index contributed by atoms with van der Waals surface area (Å²) in [6.07, 6.45) is 2.57. The van der Waals surface area contributed by atoms with E-state index in [9.17, 15) is 19.6 Å². The normalized spacial score (nSPS) is 10.9. The molecule has 1 heterocycles. The number of hydrogen-bond donors (Lipinski definition) is 2. The van der Waals surface area contributed by atoms with Crippen LogP contribution in [0.3, 0.4) is 0 Å². The van der Waals surface area contributed by atoms with Crippen LogP contribution in [0, 0.1) is 4.91 Å². The quantitative estimate of drug-likeness (QED) is 0.384. The fraction of sp³-hybridized carbons (Fsp3) is 0.100. The lowest BCUT2D eigenvalue weighted by molar-refractivity contribution is 0.104. The number of pyridine rings is 1. The molecule has 2 N–H and O–H groups in total. The Balaban J connectivity index is 1.95. The highest BCUT2D eigenvalue weighted by Crippen LogP contribution is 2.37. The zero-order chi connectivity index (χ0) is 20.3. The van der Waals surface area contributed by atoms with Gasteiger partial charge in [0.15, 0.2) is 23.0 Å². The molecule has 142 valence electrons. The van der Waals surface area contributed by atoms with Crippen molar-refractivity contribution in [2.24, 2.45) is 5.18 Å². The first kappa shape index (κ1) is 18.8. The lowest BCUT2D eigenvalue weighted by atomic mass is 10.1. The second kappa shape index (κ2) is 7.75. The number of ketones is 1. The van der Waals surface area contributed by atoms with Crippen LogP contribution >= 0.6 is 0 Å². The summed E-state index contributed by atoms with van der Waals surface area (Å²) in [5.74, 6) is -0.370. The first-order valence-corrected chi connectivity index (χ1v) is 8.14. The van der Waals surface area contributed by atoms with Crippen LogP contribution in [0.2, 0.25) is 0 Å². The Kier molecular flexibility index (Phi) is 5.21. The van der Waals surface area contributed by atoms with E-state index in [0.717, 1.165) is 11.5 Å². The second-order valence-electron chi connectivity index (χ2n) is 5.84. The van der Waals surface area contributed by atoms with Crippen molar-refractivity contribution >= 4 is 28.4 Å². The number of phenols is 1. The average Bonchev–Trinajstić information content (AvgIpc) is 2.71. The van der Waals surface area contributed by atoms with E-state index >= 15 is 0 Å². The molecule has 8 heteroatoms. The number of ether oxygens (including phenoxy) is 2. The third-order valence-electron chi connectivity index (χ3n) is 4.15. The molecule has 0 aliphatic carbocycles. The molecule has 0 saturated heterocycles. The zero-order valence-electron chi connectivity index (χ0n) is 15.1. The SMILES string of the molecule is COc1ccc2cc(/C=C/C(=O)c3cc(N=O)c(O)c(OC)c3)c(=O)[nH]c2c1. The third kappa shape index (κ3) is 3.61. The van der Waals surface area contributed by atoms with Crippen molar-refractivity contribution in [3.63, 3.8) is 0 Å². The summed E-state index contributed by atoms with van der Waals surface area (Å²) in [7, 11) is 2.82. The number of carbonyl (C=O) groups excluding carboxylic acids is 1. The minimum Gasteiger partial charge on any atom is -0.503 e. The summed E-state index contributed by atoms with van der Waals surface area (Å²) in [5, 5.41) is 13.2. The summed E-state index contributed by atoms with van der Waals surface area (Å²) in [4.78, 5) is 38.2. The van der Waals surface area contributed by atoms with Crippen molar-refractivity contribution in [1.82, 2.24) is 4.98 Å². The molecule has 2 aromatic carbocycles. The van der Waals surface area contributed by atoms with Gasteiger partial charge in [0.1, 0.15) is 5.75 Å². The number of fused-ring (bicyclic) bond motifs is 1. The molecule has 3 rings (SSSR count). The molecule has 8 nitrogen and oxygen atoms in total. The number of aromatic amines is 1. The fourth-order valence-electron chi connectivity index (χ4n) is 2.67. The zero-order valence-corrected chi connectivity index (χ0v) is 15.1. The maximum Gasteiger partial charge on any atom is 0.255 e. The maximum atomic E-state index is 12.4. The minimum absolute atomic E-state index is 0.0497. The first-order chi connectivity index (χ1) is 13.5. The number of phenolic OH excluding ortho intramolecular Hbond substituents is 1. The molecule has 0 unspecified atom stereocenters. The van der Waals surface area contributed by atoms with E-state index < -0.39 is 11.5 Å². The van der Waals surface area contributed by atoms with E-state index in [2.05, 4.69) is 10.2 Å². The van der Waals surface area contributed by atoms with Crippen molar-refractivity contribution < 1.29 is 19.4 Å². The van der Waals surface area contributed by atoms with Gasteiger partial charge in [-0.2, -0.15) is 0 Å². The van der Waals surface area contributed by atoms with Gasteiger partial charge in [0.25, 0.3) is 5.56 Å². The van der Waals surface area contributed by atoms with E-state index in [1.54, 1.807) is 24.3 Å². The summed E-state index contributed by atoms with van der Waals surface area (Å²) < 4.78 is 10.1. The van der Waals surface area contributed by atoms with E-state index in [1.165, 1.54) is 32.4 Å². The number of carbonyl (C=O) groups is 1. The highest BCUT2D eigenvalue weighted by Gasteiger charge is 2.14. The Bertz CT molecular complexity index is 1160. The van der Waals surface area contributed by atoms with E-state index in [1.807, 2.05) is 0 Å². The summed E-state index contributed by atoms with van der Waals surface area (Å²) >= 11 is 0. The number of hydrogen-bond acceptors (Lipinski definition) is 7. The van der Waals surface area contributed by atoms with Crippen LogP contribution in [-0.2, 0) is 0 Å². The summed E-state index contributed by atoms with van der Waals surface area (Å²) in [6.45, 7) is 0. The number of allylic oxidation sites excluding steroid dienone is 1. The predicted octanol–water partition coefficient (Wildman–Crippen LogP) is 3.54. The van der Waals surface area contributed by atoms with Crippen molar-refractivity contribution in [3.8, 4) is 17.2 Å². The number of nitrogens with zero attached hydrogens (tertiary/aromatic N) is 1. The van der Waals surface area contributed by atoms with Crippen molar-refractivity contribution in [2.45, 2.75) is 0 Å². The topological polar surface area (TPSA) is 118 Å². The molecule has 1 aromatic heterocycles. The lowest BCUT2D eigenvalue weighted by Gasteiger charge is -2.06. The molecule has 28 heavy (non-hydrogen) atoms. The third-order valence-corrected chi connectivity index (χ3v) is 4.15. The molecule has 0 radical (unpaired) electrons. The van der Waals surface area contributed by atoms with Gasteiger partial charge in [-0.25, -0.2) is 0 Å². The number of rotatable bonds is 6. The van der Waals surface area contributed by atoms with Gasteiger partial charge >= 0.3 is 0 Å². The lowest BCUT2D eigenvalue weighted by Crippen LogP contribution is -2.09. The number of aromatic hydroxyl groups is 1. The van der Waals surface area contributed by atoms with E-state index in [-0.39, 0.29) is 28.1 Å². The number of aromatic nitrogens is 1. The molecule has 0 bridgehead atoms. The predicted molar refractivity (Wildman–Crippen MR) is 105 cm³/mol. The largest absolute Gasteiger partial charge is 0.503 e. The van der Waals surface area contributed by atoms with Crippen molar-refractivity contribution in [1.29, 1.82) is 0 Å². The number of H-pyrrole nitrogens is 1. The minimum atomic E-state index is -0.488. The van der Waals surface area contributed by atoms with Gasteiger partial charge in [0.05, 0.1) is 19.7 Å². The Morgan fingerprint density at radius 2 is 1.93 bits per heavy atom. The Labute approximate surface area is 159 Å². The number of methoxy groups -OCH3 is 2. The molecule has 0 amide bonds. The average molecular weight is 380 g/mol. The molecular formula is C20H16N2O6. The molecular weight excluding hydrogens is 364 g/mol. The first-order valence-electron chi connectivity index (χ1n) is 8.14. The van der Waals surface area contributed by atoms with E-state index in [0.29, 0.717) is 11.3 Å². The molecule has 3 aromatic rings. The van der Waals surface area contributed by atoms with Gasteiger partial charge in [-0.15, -0.1) is 4.91 Å². The van der Waals surface area contributed by atoms with Crippen molar-refractivity contribution in [2.75, 3.05) is 14.2 Å². The monoisotopic (exact) mass is 380 g/mol. The van der Waals surface area contributed by atoms with Gasteiger partial charge in [0, 0.05) is 17.2 Å². The van der Waals surface area contributed by atoms with E-state index in [4.69, 9.17) is 9.47 Å². The molecule has 0 spiro atoms. The van der Waals surface area contributed by atoms with Gasteiger partial charge < -0.3 is 19.6 Å². The maximum absolute atomic E-state index is 12.4. The van der Waals surface area contributed by atoms with Gasteiger partial charge in [0.2, 0.25) is 0 Å². The van der Waals surface area contributed by atoms with Crippen molar-refractivity contribution in [3.05, 3.63) is 68.9 Å². The van der Waals surface area contributed by atoms with Crippen LogP contribution in [0.15, 0.2) is 52.4 Å². The standard InChI is InChI=1S/C20H16N2O6/c1-27-14-5-3-11-7-12(20(25)21-15(11)10-14)4-6-17(23)13-8-16(22-26)19(24)18(9-13)28-2/h3-10,24H,1-2H3,(H,21,25)/b6-4+. The second-order valence-corrected chi connectivity index (χ2v) is 5.84. The molecule has 0 aliphatic heterocycles. The Morgan fingerprint density at radius 3 is 2.61 bits per heavy atom. The van der Waals surface area contributed by atoms with Gasteiger partial charge in [-0.1, -0.05) is 0 Å². The molecule has 0 saturated carbocycles. The van der Waals surface area contributed by atoms with Gasteiger partial charge in [-0.05, 0) is 53.0 Å².